The lowest BCUT2D eigenvalue weighted by molar-refractivity contribution is -0.122. The van der Waals surface area contributed by atoms with Gasteiger partial charge in [0.2, 0.25) is 5.91 Å². The van der Waals surface area contributed by atoms with E-state index in [2.05, 4.69) is 22.1 Å². The minimum atomic E-state index is -0.220. The number of amides is 2. The fourth-order valence-corrected chi connectivity index (χ4v) is 4.08. The molecule has 0 unspecified atom stereocenters. The van der Waals surface area contributed by atoms with E-state index in [0.717, 1.165) is 0 Å². The van der Waals surface area contributed by atoms with Gasteiger partial charge in [0.05, 0.1) is 17.9 Å². The molecule has 1 aliphatic carbocycles. The summed E-state index contributed by atoms with van der Waals surface area (Å²) in [7, 11) is 0. The van der Waals surface area contributed by atoms with Gasteiger partial charge in [-0.25, -0.2) is 0 Å². The number of rotatable bonds is 7. The molecular weight excluding hydrogens is 324 g/mol. The molecule has 24 heavy (non-hydrogen) atoms. The van der Waals surface area contributed by atoms with Crippen LogP contribution in [-0.4, -0.2) is 18.4 Å². The van der Waals surface area contributed by atoms with Crippen LogP contribution in [0.25, 0.3) is 0 Å². The highest BCUT2D eigenvalue weighted by Crippen LogP contribution is 2.37. The van der Waals surface area contributed by atoms with Gasteiger partial charge in [0.25, 0.3) is 5.91 Å². The first-order valence-corrected chi connectivity index (χ1v) is 9.25. The van der Waals surface area contributed by atoms with Crippen LogP contribution in [0.5, 0.6) is 0 Å². The number of furan rings is 1. The molecule has 0 saturated heterocycles. The Morgan fingerprint density at radius 3 is 2.79 bits per heavy atom. The summed E-state index contributed by atoms with van der Waals surface area (Å²) in [5, 5.41) is 7.96. The second-order valence-electron chi connectivity index (χ2n) is 6.12. The Labute approximate surface area is 145 Å². The highest BCUT2D eigenvalue weighted by atomic mass is 32.1. The number of hydrogen-bond acceptors (Lipinski definition) is 4. The Balaban J connectivity index is 1.49. The molecule has 1 saturated carbocycles. The molecule has 2 N–H and O–H groups in total. The van der Waals surface area contributed by atoms with Crippen molar-refractivity contribution in [2.45, 2.75) is 38.1 Å². The molecule has 128 valence electrons. The van der Waals surface area contributed by atoms with Gasteiger partial charge in [0.15, 0.2) is 0 Å². The quantitative estimate of drug-likeness (QED) is 0.806. The second-order valence-corrected chi connectivity index (χ2v) is 7.10. The van der Waals surface area contributed by atoms with Crippen molar-refractivity contribution in [3.63, 3.8) is 0 Å². The van der Waals surface area contributed by atoms with E-state index < -0.39 is 0 Å². The zero-order valence-corrected chi connectivity index (χ0v) is 14.3. The van der Waals surface area contributed by atoms with Gasteiger partial charge >= 0.3 is 0 Å². The monoisotopic (exact) mass is 346 g/mol. The topological polar surface area (TPSA) is 71.3 Å². The van der Waals surface area contributed by atoms with E-state index in [1.54, 1.807) is 17.4 Å². The van der Waals surface area contributed by atoms with Crippen molar-refractivity contribution in [2.75, 3.05) is 6.54 Å². The van der Waals surface area contributed by atoms with E-state index in [1.165, 1.54) is 43.1 Å². The van der Waals surface area contributed by atoms with Gasteiger partial charge in [-0.3, -0.25) is 9.59 Å². The van der Waals surface area contributed by atoms with Crippen LogP contribution in [0.2, 0.25) is 0 Å². The molecule has 2 aromatic rings. The number of thiophene rings is 1. The number of carbonyl (C=O) groups is 2. The third kappa shape index (κ3) is 4.26. The number of carbonyl (C=O) groups excluding carboxylic acids is 2. The molecule has 2 aromatic heterocycles. The minimum Gasteiger partial charge on any atom is -0.472 e. The second kappa shape index (κ2) is 8.15. The molecule has 2 heterocycles. The first-order chi connectivity index (χ1) is 11.7. The first-order valence-electron chi connectivity index (χ1n) is 8.37. The lowest BCUT2D eigenvalue weighted by atomic mass is 9.96. The molecule has 5 nitrogen and oxygen atoms in total. The summed E-state index contributed by atoms with van der Waals surface area (Å²) in [5.74, 6) is 0.281. The van der Waals surface area contributed by atoms with E-state index in [9.17, 15) is 9.59 Å². The summed E-state index contributed by atoms with van der Waals surface area (Å²) in [5.41, 5.74) is 0.470. The van der Waals surface area contributed by atoms with Crippen LogP contribution in [0.3, 0.4) is 0 Å². The van der Waals surface area contributed by atoms with Crippen LogP contribution < -0.4 is 10.6 Å². The first kappa shape index (κ1) is 16.8. The fraction of sp³-hybridized carbons (Fsp3) is 0.444. The van der Waals surface area contributed by atoms with Crippen LogP contribution in [0.1, 0.15) is 53.4 Å². The van der Waals surface area contributed by atoms with E-state index >= 15 is 0 Å². The van der Waals surface area contributed by atoms with Crippen molar-refractivity contribution < 1.29 is 14.0 Å². The smallest absolute Gasteiger partial charge is 0.254 e. The summed E-state index contributed by atoms with van der Waals surface area (Å²) >= 11 is 1.69. The van der Waals surface area contributed by atoms with Gasteiger partial charge in [0.1, 0.15) is 6.26 Å². The SMILES string of the molecule is O=C(CCNC(=O)c1ccoc1)N[C@H](c1cccs1)C1CCCC1. The standard InChI is InChI=1S/C18H22N2O3S/c21-16(7-9-19-18(22)14-8-10-23-12-14)20-17(13-4-1-2-5-13)15-6-3-11-24-15/h3,6,8,10-13,17H,1-2,4-5,7,9H2,(H,19,22)(H,20,21)/t17-/m0/s1. The van der Waals surface area contributed by atoms with Crippen molar-refractivity contribution in [1.29, 1.82) is 0 Å². The molecule has 3 rings (SSSR count). The average molecular weight is 346 g/mol. The molecule has 0 aliphatic heterocycles. The lowest BCUT2D eigenvalue weighted by Crippen LogP contribution is -2.35. The Morgan fingerprint density at radius 1 is 1.29 bits per heavy atom. The number of hydrogen-bond donors (Lipinski definition) is 2. The fourth-order valence-electron chi connectivity index (χ4n) is 3.21. The van der Waals surface area contributed by atoms with Gasteiger partial charge in [-0.05, 0) is 36.3 Å². The van der Waals surface area contributed by atoms with Crippen molar-refractivity contribution in [3.05, 3.63) is 46.5 Å². The number of nitrogens with one attached hydrogen (secondary N) is 2. The third-order valence-electron chi connectivity index (χ3n) is 4.46. The molecular formula is C18H22N2O3S. The predicted molar refractivity (Wildman–Crippen MR) is 92.8 cm³/mol. The Kier molecular flexibility index (Phi) is 5.69. The van der Waals surface area contributed by atoms with E-state index in [0.29, 0.717) is 18.0 Å². The summed E-state index contributed by atoms with van der Waals surface area (Å²) in [6.45, 7) is 0.317. The summed E-state index contributed by atoms with van der Waals surface area (Å²) in [6, 6.07) is 5.82. The normalized spacial score (nSPS) is 16.0. The highest BCUT2D eigenvalue weighted by molar-refractivity contribution is 7.10. The molecule has 0 bridgehead atoms. The zero-order chi connectivity index (χ0) is 16.8. The Hall–Kier alpha value is -2.08. The van der Waals surface area contributed by atoms with Gasteiger partial charge in [-0.2, -0.15) is 0 Å². The molecule has 1 atom stereocenters. The van der Waals surface area contributed by atoms with Crippen LogP contribution >= 0.6 is 11.3 Å². The highest BCUT2D eigenvalue weighted by Gasteiger charge is 2.28. The Bertz CT molecular complexity index is 646. The maximum atomic E-state index is 12.3. The maximum absolute atomic E-state index is 12.3. The van der Waals surface area contributed by atoms with Crippen LogP contribution in [0.15, 0.2) is 40.5 Å². The molecule has 0 radical (unpaired) electrons. The molecule has 2 amide bonds. The van der Waals surface area contributed by atoms with Crippen molar-refractivity contribution in [2.24, 2.45) is 5.92 Å². The molecule has 0 aromatic carbocycles. The zero-order valence-electron chi connectivity index (χ0n) is 13.5. The van der Waals surface area contributed by atoms with Crippen LogP contribution in [0, 0.1) is 5.92 Å². The largest absolute Gasteiger partial charge is 0.472 e. The van der Waals surface area contributed by atoms with Crippen LogP contribution in [-0.2, 0) is 4.79 Å². The van der Waals surface area contributed by atoms with Crippen LogP contribution in [0.4, 0.5) is 0 Å². The summed E-state index contributed by atoms with van der Waals surface area (Å²) in [6.07, 6.45) is 7.93. The predicted octanol–water partition coefficient (Wildman–Crippen LogP) is 3.51. The lowest BCUT2D eigenvalue weighted by Gasteiger charge is -2.23. The van der Waals surface area contributed by atoms with Crippen molar-refractivity contribution in [1.82, 2.24) is 10.6 Å². The summed E-state index contributed by atoms with van der Waals surface area (Å²) < 4.78 is 4.88. The van der Waals surface area contributed by atoms with Gasteiger partial charge in [-0.1, -0.05) is 18.9 Å². The Morgan fingerprint density at radius 2 is 2.12 bits per heavy atom. The van der Waals surface area contributed by atoms with E-state index in [1.807, 2.05) is 6.07 Å². The molecule has 0 spiro atoms. The average Bonchev–Trinajstić information content (AvgIpc) is 3.36. The van der Waals surface area contributed by atoms with Crippen molar-refractivity contribution >= 4 is 23.2 Å². The van der Waals surface area contributed by atoms with Gasteiger partial charge in [0, 0.05) is 17.8 Å². The molecule has 6 heteroatoms. The van der Waals surface area contributed by atoms with E-state index in [-0.39, 0.29) is 24.3 Å². The molecule has 1 fully saturated rings. The molecule has 1 aliphatic rings. The maximum Gasteiger partial charge on any atom is 0.254 e. The minimum absolute atomic E-state index is 0.0206. The third-order valence-corrected chi connectivity index (χ3v) is 5.41. The van der Waals surface area contributed by atoms with Gasteiger partial charge in [-0.15, -0.1) is 11.3 Å². The van der Waals surface area contributed by atoms with E-state index in [4.69, 9.17) is 4.42 Å². The van der Waals surface area contributed by atoms with Gasteiger partial charge < -0.3 is 15.1 Å². The summed E-state index contributed by atoms with van der Waals surface area (Å²) in [4.78, 5) is 25.3. The van der Waals surface area contributed by atoms with Crippen molar-refractivity contribution in [3.8, 4) is 0 Å².